The highest BCUT2D eigenvalue weighted by atomic mass is 32.2. The number of ether oxygens (including phenoxy) is 1. The van der Waals surface area contributed by atoms with Gasteiger partial charge in [0.25, 0.3) is 0 Å². The third-order valence-electron chi connectivity index (χ3n) is 6.24. The van der Waals surface area contributed by atoms with E-state index in [0.29, 0.717) is 18.0 Å². The molecule has 1 aliphatic heterocycles. The second-order valence-electron chi connectivity index (χ2n) is 8.41. The van der Waals surface area contributed by atoms with Gasteiger partial charge in [-0.1, -0.05) is 57.0 Å². The quantitative estimate of drug-likeness (QED) is 0.499. The third kappa shape index (κ3) is 5.57. The molecule has 0 radical (unpaired) electrons. The third-order valence-corrected chi connectivity index (χ3v) is 7.90. The fraction of sp³-hybridized carbons (Fsp3) is 0.480. The Hall–Kier alpha value is -2.22. The highest BCUT2D eigenvalue weighted by Crippen LogP contribution is 2.39. The van der Waals surface area contributed by atoms with E-state index in [1.54, 1.807) is 7.11 Å². The van der Waals surface area contributed by atoms with Crippen molar-refractivity contribution >= 4 is 16.8 Å². The van der Waals surface area contributed by atoms with E-state index >= 15 is 0 Å². The number of hydrogen-bond donors (Lipinski definition) is 3. The van der Waals surface area contributed by atoms with Crippen LogP contribution in [0.5, 0.6) is 5.75 Å². The molecule has 6 nitrogen and oxygen atoms in total. The van der Waals surface area contributed by atoms with Crippen LogP contribution in [0.2, 0.25) is 0 Å². The molecule has 0 amide bonds. The Morgan fingerprint density at radius 3 is 2.66 bits per heavy atom. The number of rotatable bonds is 10. The molecule has 0 saturated heterocycles. The van der Waals surface area contributed by atoms with Crippen molar-refractivity contribution in [3.05, 3.63) is 59.2 Å². The van der Waals surface area contributed by atoms with Crippen LogP contribution in [0, 0.1) is 0 Å². The minimum Gasteiger partial charge on any atom is -0.496 e. The number of nitrogens with one attached hydrogen (secondary N) is 2. The summed E-state index contributed by atoms with van der Waals surface area (Å²) >= 11 is 0. The Labute approximate surface area is 193 Å². The molecule has 174 valence electrons. The van der Waals surface area contributed by atoms with E-state index in [9.17, 15) is 9.00 Å². The standard InChI is InChI=1S/C25H34N2O4S/c1-4-6-12-25(5-2)17-32(30)22-13-19(15-26-16-23(28)29)21(31-3)14-20(22)24(27-25)18-10-8-7-9-11-18/h7-11,13-14,24,26-27H,4-6,12,15-17H2,1-3H3,(H,28,29)/t24-,25-,32?/m1/s1. The van der Waals surface area contributed by atoms with Gasteiger partial charge in [0.05, 0.1) is 30.5 Å². The molecular weight excluding hydrogens is 424 g/mol. The Morgan fingerprint density at radius 1 is 1.28 bits per heavy atom. The smallest absolute Gasteiger partial charge is 0.317 e. The molecule has 0 aliphatic carbocycles. The summed E-state index contributed by atoms with van der Waals surface area (Å²) < 4.78 is 19.3. The fourth-order valence-electron chi connectivity index (χ4n) is 4.38. The molecule has 2 aromatic carbocycles. The molecule has 1 aliphatic rings. The average Bonchev–Trinajstić information content (AvgIpc) is 2.92. The van der Waals surface area contributed by atoms with Crippen LogP contribution in [-0.2, 0) is 22.1 Å². The zero-order valence-electron chi connectivity index (χ0n) is 19.1. The topological polar surface area (TPSA) is 87.7 Å². The van der Waals surface area contributed by atoms with Gasteiger partial charge in [-0.15, -0.1) is 0 Å². The molecule has 1 heterocycles. The lowest BCUT2D eigenvalue weighted by Crippen LogP contribution is -2.49. The molecule has 3 rings (SSSR count). The molecule has 1 unspecified atom stereocenters. The molecular formula is C25H34N2O4S. The first-order valence-electron chi connectivity index (χ1n) is 11.3. The first kappa shape index (κ1) is 24.4. The summed E-state index contributed by atoms with van der Waals surface area (Å²) in [5.74, 6) is 0.298. The second kappa shape index (κ2) is 11.1. The van der Waals surface area contributed by atoms with Crippen LogP contribution in [0.4, 0.5) is 0 Å². The van der Waals surface area contributed by atoms with E-state index in [0.717, 1.165) is 47.3 Å². The lowest BCUT2D eigenvalue weighted by atomic mass is 9.88. The largest absolute Gasteiger partial charge is 0.496 e. The van der Waals surface area contributed by atoms with Crippen LogP contribution < -0.4 is 15.4 Å². The number of methoxy groups -OCH3 is 1. The molecule has 0 spiro atoms. The highest BCUT2D eigenvalue weighted by molar-refractivity contribution is 7.85. The van der Waals surface area contributed by atoms with Gasteiger partial charge in [0.1, 0.15) is 5.75 Å². The number of carboxylic acid groups (broad SMARTS) is 1. The summed E-state index contributed by atoms with van der Waals surface area (Å²) in [6, 6.07) is 14.1. The van der Waals surface area contributed by atoms with Crippen molar-refractivity contribution in [2.75, 3.05) is 19.4 Å². The molecule has 3 N–H and O–H groups in total. The number of carbonyl (C=O) groups is 1. The van der Waals surface area contributed by atoms with Crippen LogP contribution in [0.3, 0.4) is 0 Å². The van der Waals surface area contributed by atoms with Gasteiger partial charge >= 0.3 is 5.97 Å². The van der Waals surface area contributed by atoms with Crippen LogP contribution in [-0.4, -0.2) is 40.2 Å². The Morgan fingerprint density at radius 2 is 2.03 bits per heavy atom. The molecule has 0 fully saturated rings. The molecule has 2 aromatic rings. The number of unbranched alkanes of at least 4 members (excludes halogenated alkanes) is 1. The normalized spacial score (nSPS) is 22.7. The van der Waals surface area contributed by atoms with Crippen molar-refractivity contribution < 1.29 is 18.8 Å². The Kier molecular flexibility index (Phi) is 8.45. The van der Waals surface area contributed by atoms with Crippen molar-refractivity contribution in [1.29, 1.82) is 0 Å². The maximum absolute atomic E-state index is 13.7. The molecule has 0 bridgehead atoms. The molecule has 32 heavy (non-hydrogen) atoms. The van der Waals surface area contributed by atoms with E-state index in [4.69, 9.17) is 9.84 Å². The number of aliphatic carboxylic acids is 1. The summed E-state index contributed by atoms with van der Waals surface area (Å²) in [6.07, 6.45) is 4.02. The average molecular weight is 459 g/mol. The summed E-state index contributed by atoms with van der Waals surface area (Å²) in [6.45, 7) is 4.53. The van der Waals surface area contributed by atoms with E-state index in [-0.39, 0.29) is 18.1 Å². The fourth-order valence-corrected chi connectivity index (χ4v) is 6.18. The van der Waals surface area contributed by atoms with Gasteiger partial charge < -0.3 is 15.2 Å². The van der Waals surface area contributed by atoms with Crippen LogP contribution in [0.15, 0.2) is 47.4 Å². The van der Waals surface area contributed by atoms with Gasteiger partial charge in [0, 0.05) is 28.3 Å². The van der Waals surface area contributed by atoms with Crippen molar-refractivity contribution in [3.63, 3.8) is 0 Å². The van der Waals surface area contributed by atoms with E-state index in [1.165, 1.54) is 0 Å². The number of fused-ring (bicyclic) bond motifs is 1. The number of hydrogen-bond acceptors (Lipinski definition) is 5. The zero-order chi connectivity index (χ0) is 23.1. The molecule has 0 aromatic heterocycles. The van der Waals surface area contributed by atoms with E-state index in [2.05, 4.69) is 36.6 Å². The Balaban J connectivity index is 2.10. The molecule has 7 heteroatoms. The monoisotopic (exact) mass is 458 g/mol. The summed E-state index contributed by atoms with van der Waals surface area (Å²) in [5, 5.41) is 15.8. The van der Waals surface area contributed by atoms with Crippen molar-refractivity contribution in [2.24, 2.45) is 0 Å². The second-order valence-corrected chi connectivity index (χ2v) is 9.83. The maximum atomic E-state index is 13.7. The molecule has 0 saturated carbocycles. The van der Waals surface area contributed by atoms with E-state index in [1.807, 2.05) is 30.3 Å². The van der Waals surface area contributed by atoms with Gasteiger partial charge in [-0.05, 0) is 36.1 Å². The number of benzene rings is 2. The predicted octanol–water partition coefficient (Wildman–Crippen LogP) is 4.01. The van der Waals surface area contributed by atoms with Gasteiger partial charge in [-0.3, -0.25) is 14.3 Å². The lowest BCUT2D eigenvalue weighted by molar-refractivity contribution is -0.136. The van der Waals surface area contributed by atoms with Gasteiger partial charge in [-0.25, -0.2) is 0 Å². The van der Waals surface area contributed by atoms with Gasteiger partial charge in [-0.2, -0.15) is 0 Å². The molecule has 3 atom stereocenters. The Bertz CT molecular complexity index is 950. The van der Waals surface area contributed by atoms with Crippen molar-refractivity contribution in [1.82, 2.24) is 10.6 Å². The minimum atomic E-state index is -1.20. The highest BCUT2D eigenvalue weighted by Gasteiger charge is 2.38. The van der Waals surface area contributed by atoms with Gasteiger partial charge in [0.2, 0.25) is 0 Å². The van der Waals surface area contributed by atoms with E-state index < -0.39 is 16.8 Å². The van der Waals surface area contributed by atoms with Crippen molar-refractivity contribution in [3.8, 4) is 5.75 Å². The first-order valence-corrected chi connectivity index (χ1v) is 12.6. The summed E-state index contributed by atoms with van der Waals surface area (Å²) in [5.41, 5.74) is 2.67. The number of carboxylic acids is 1. The maximum Gasteiger partial charge on any atom is 0.317 e. The van der Waals surface area contributed by atoms with Crippen LogP contribution >= 0.6 is 0 Å². The summed E-state index contributed by atoms with van der Waals surface area (Å²) in [7, 11) is 0.413. The summed E-state index contributed by atoms with van der Waals surface area (Å²) in [4.78, 5) is 11.7. The van der Waals surface area contributed by atoms with Crippen LogP contribution in [0.1, 0.15) is 62.3 Å². The first-order chi connectivity index (χ1) is 15.4. The van der Waals surface area contributed by atoms with Gasteiger partial charge in [0.15, 0.2) is 0 Å². The zero-order valence-corrected chi connectivity index (χ0v) is 20.0. The van der Waals surface area contributed by atoms with Crippen molar-refractivity contribution in [2.45, 2.75) is 62.6 Å². The minimum absolute atomic E-state index is 0.107. The SMILES string of the molecule is CCCC[C@]1(CC)CS(=O)c2cc(CNCC(=O)O)c(OC)cc2[C@@H](c2ccccc2)N1. The van der Waals surface area contributed by atoms with Crippen LogP contribution in [0.25, 0.3) is 0 Å². The predicted molar refractivity (Wildman–Crippen MR) is 128 cm³/mol. The lowest BCUT2D eigenvalue weighted by Gasteiger charge is -2.36.